The Morgan fingerprint density at radius 1 is 1.12 bits per heavy atom. The van der Waals surface area contributed by atoms with Crippen molar-refractivity contribution in [3.05, 3.63) is 65.5 Å². The molecule has 0 aliphatic heterocycles. The van der Waals surface area contributed by atoms with Crippen LogP contribution in [0.4, 0.5) is 4.39 Å². The molecule has 0 aliphatic carbocycles. The molecule has 140 valence electrons. The molecule has 0 bridgehead atoms. The zero-order valence-electron chi connectivity index (χ0n) is 15.7. The topological polar surface area (TPSA) is 42.8 Å². The fourth-order valence-corrected chi connectivity index (χ4v) is 2.70. The van der Waals surface area contributed by atoms with Gasteiger partial charge in [-0.25, -0.2) is 4.39 Å². The van der Waals surface area contributed by atoms with E-state index in [1.165, 1.54) is 12.1 Å². The first kappa shape index (κ1) is 19.9. The maximum absolute atomic E-state index is 12.9. The third kappa shape index (κ3) is 6.15. The maximum atomic E-state index is 12.9. The molecule has 5 heteroatoms. The van der Waals surface area contributed by atoms with E-state index < -0.39 is 0 Å². The van der Waals surface area contributed by atoms with E-state index in [1.807, 2.05) is 45.2 Å². The Kier molecular flexibility index (Phi) is 7.60. The summed E-state index contributed by atoms with van der Waals surface area (Å²) < 4.78 is 18.3. The van der Waals surface area contributed by atoms with Crippen LogP contribution in [-0.2, 0) is 17.8 Å². The second kappa shape index (κ2) is 9.92. The van der Waals surface area contributed by atoms with Crippen LogP contribution in [0.2, 0.25) is 0 Å². The third-order valence-corrected chi connectivity index (χ3v) is 4.48. The van der Waals surface area contributed by atoms with Crippen LogP contribution >= 0.6 is 0 Å². The summed E-state index contributed by atoms with van der Waals surface area (Å²) in [5, 5.41) is 2.96. The number of hydrogen-bond donors (Lipinski definition) is 2. The lowest BCUT2D eigenvalue weighted by molar-refractivity contribution is -0.908. The van der Waals surface area contributed by atoms with Crippen molar-refractivity contribution in [1.29, 1.82) is 0 Å². The van der Waals surface area contributed by atoms with Gasteiger partial charge in [-0.2, -0.15) is 0 Å². The SMILES string of the molecule is CCOc1ccc(C[NH+](C)[C@@H](C)C(=O)NCCc2ccc(F)cc2)cc1. The first-order valence-corrected chi connectivity index (χ1v) is 9.05. The molecule has 0 saturated carbocycles. The van der Waals surface area contributed by atoms with Gasteiger partial charge < -0.3 is 15.0 Å². The van der Waals surface area contributed by atoms with E-state index in [2.05, 4.69) is 5.32 Å². The second-order valence-electron chi connectivity index (χ2n) is 6.49. The molecule has 2 aromatic rings. The monoisotopic (exact) mass is 359 g/mol. The van der Waals surface area contributed by atoms with E-state index in [0.717, 1.165) is 28.3 Å². The van der Waals surface area contributed by atoms with E-state index in [4.69, 9.17) is 4.74 Å². The molecule has 26 heavy (non-hydrogen) atoms. The average molecular weight is 359 g/mol. The minimum Gasteiger partial charge on any atom is -0.494 e. The molecular weight excluding hydrogens is 331 g/mol. The number of rotatable bonds is 9. The Bertz CT molecular complexity index is 686. The van der Waals surface area contributed by atoms with Crippen LogP contribution in [0.1, 0.15) is 25.0 Å². The summed E-state index contributed by atoms with van der Waals surface area (Å²) in [7, 11) is 2.01. The molecule has 0 aliphatic rings. The molecule has 0 heterocycles. The van der Waals surface area contributed by atoms with Crippen molar-refractivity contribution < 1.29 is 18.8 Å². The number of benzene rings is 2. The summed E-state index contributed by atoms with van der Waals surface area (Å²) >= 11 is 0. The number of hydrogen-bond acceptors (Lipinski definition) is 2. The van der Waals surface area contributed by atoms with Crippen molar-refractivity contribution in [2.75, 3.05) is 20.2 Å². The van der Waals surface area contributed by atoms with Gasteiger partial charge in [0.2, 0.25) is 0 Å². The summed E-state index contributed by atoms with van der Waals surface area (Å²) in [6.07, 6.45) is 0.691. The van der Waals surface area contributed by atoms with Gasteiger partial charge in [-0.1, -0.05) is 12.1 Å². The standard InChI is InChI=1S/C21H27FN2O2/c1-4-26-20-11-7-18(8-12-20)15-24(3)16(2)21(25)23-14-13-17-5-9-19(22)10-6-17/h5-12,16H,4,13-15H2,1-3H3,(H,23,25)/p+1/t16-/m0/s1. The fourth-order valence-electron chi connectivity index (χ4n) is 2.70. The van der Waals surface area contributed by atoms with Gasteiger partial charge >= 0.3 is 0 Å². The number of likely N-dealkylation sites (N-methyl/N-ethyl adjacent to an activating group) is 1. The molecule has 2 N–H and O–H groups in total. The smallest absolute Gasteiger partial charge is 0.278 e. The fraction of sp³-hybridized carbons (Fsp3) is 0.381. The van der Waals surface area contributed by atoms with Crippen molar-refractivity contribution in [3.63, 3.8) is 0 Å². The minimum absolute atomic E-state index is 0.0237. The lowest BCUT2D eigenvalue weighted by atomic mass is 10.1. The number of quaternary nitrogens is 1. The zero-order chi connectivity index (χ0) is 18.9. The number of carbonyl (C=O) groups is 1. The summed E-state index contributed by atoms with van der Waals surface area (Å²) in [4.78, 5) is 13.5. The Labute approximate surface area is 155 Å². The molecule has 1 unspecified atom stereocenters. The van der Waals surface area contributed by atoms with Gasteiger partial charge in [-0.15, -0.1) is 0 Å². The van der Waals surface area contributed by atoms with Crippen LogP contribution < -0.4 is 15.0 Å². The first-order chi connectivity index (χ1) is 12.5. The van der Waals surface area contributed by atoms with Crippen LogP contribution in [0, 0.1) is 5.82 Å². The van der Waals surface area contributed by atoms with Crippen molar-refractivity contribution in [2.45, 2.75) is 32.9 Å². The molecule has 2 atom stereocenters. The second-order valence-corrected chi connectivity index (χ2v) is 6.49. The van der Waals surface area contributed by atoms with Crippen LogP contribution in [0.5, 0.6) is 5.75 Å². The number of carbonyl (C=O) groups excluding carboxylic acids is 1. The molecule has 4 nitrogen and oxygen atoms in total. The number of nitrogens with one attached hydrogen (secondary N) is 2. The maximum Gasteiger partial charge on any atom is 0.278 e. The Hall–Kier alpha value is -2.40. The summed E-state index contributed by atoms with van der Waals surface area (Å²) in [5.74, 6) is 0.641. The van der Waals surface area contributed by atoms with E-state index >= 15 is 0 Å². The molecule has 2 rings (SSSR count). The molecule has 0 radical (unpaired) electrons. The summed E-state index contributed by atoms with van der Waals surface area (Å²) in [5.41, 5.74) is 2.17. The van der Waals surface area contributed by atoms with E-state index in [1.54, 1.807) is 12.1 Å². The highest BCUT2D eigenvalue weighted by atomic mass is 19.1. The van der Waals surface area contributed by atoms with Crippen LogP contribution in [0.15, 0.2) is 48.5 Å². The molecule has 0 saturated heterocycles. The van der Waals surface area contributed by atoms with Gasteiger partial charge in [0.15, 0.2) is 6.04 Å². The van der Waals surface area contributed by atoms with Crippen LogP contribution in [-0.4, -0.2) is 32.1 Å². The van der Waals surface area contributed by atoms with Gasteiger partial charge in [0.1, 0.15) is 18.1 Å². The molecule has 0 aromatic heterocycles. The van der Waals surface area contributed by atoms with Gasteiger partial charge in [-0.3, -0.25) is 4.79 Å². The quantitative estimate of drug-likeness (QED) is 0.719. The van der Waals surface area contributed by atoms with Crippen molar-refractivity contribution in [3.8, 4) is 5.75 Å². The largest absolute Gasteiger partial charge is 0.494 e. The van der Waals surface area contributed by atoms with E-state index in [-0.39, 0.29) is 17.8 Å². The Morgan fingerprint density at radius 2 is 1.73 bits per heavy atom. The van der Waals surface area contributed by atoms with Gasteiger partial charge in [-0.05, 0) is 62.2 Å². The minimum atomic E-state index is -0.245. The highest BCUT2D eigenvalue weighted by molar-refractivity contribution is 5.79. The number of amides is 1. The first-order valence-electron chi connectivity index (χ1n) is 9.05. The highest BCUT2D eigenvalue weighted by Gasteiger charge is 2.21. The number of ether oxygens (including phenoxy) is 1. The highest BCUT2D eigenvalue weighted by Crippen LogP contribution is 2.11. The van der Waals surface area contributed by atoms with Crippen molar-refractivity contribution in [2.24, 2.45) is 0 Å². The lowest BCUT2D eigenvalue weighted by Crippen LogP contribution is -3.12. The molecule has 0 fully saturated rings. The molecule has 1 amide bonds. The summed E-state index contributed by atoms with van der Waals surface area (Å²) in [6, 6.07) is 14.2. The lowest BCUT2D eigenvalue weighted by Gasteiger charge is -2.21. The molecule has 2 aromatic carbocycles. The van der Waals surface area contributed by atoms with E-state index in [0.29, 0.717) is 19.6 Å². The predicted molar refractivity (Wildman–Crippen MR) is 101 cm³/mol. The normalized spacial score (nSPS) is 13.1. The van der Waals surface area contributed by atoms with Crippen LogP contribution in [0.3, 0.4) is 0 Å². The predicted octanol–water partition coefficient (Wildman–Crippen LogP) is 1.99. The van der Waals surface area contributed by atoms with Crippen molar-refractivity contribution in [1.82, 2.24) is 5.32 Å². The Balaban J connectivity index is 1.77. The average Bonchev–Trinajstić information content (AvgIpc) is 2.64. The Morgan fingerprint density at radius 3 is 2.35 bits per heavy atom. The third-order valence-electron chi connectivity index (χ3n) is 4.48. The molecular formula is C21H28FN2O2+. The number of halogens is 1. The molecule has 0 spiro atoms. The van der Waals surface area contributed by atoms with Gasteiger partial charge in [0.25, 0.3) is 5.91 Å². The summed E-state index contributed by atoms with van der Waals surface area (Å²) in [6.45, 7) is 5.85. The van der Waals surface area contributed by atoms with Gasteiger partial charge in [0.05, 0.1) is 13.7 Å². The zero-order valence-corrected chi connectivity index (χ0v) is 15.7. The van der Waals surface area contributed by atoms with Gasteiger partial charge in [0, 0.05) is 12.1 Å². The van der Waals surface area contributed by atoms with E-state index in [9.17, 15) is 9.18 Å². The van der Waals surface area contributed by atoms with Crippen molar-refractivity contribution >= 4 is 5.91 Å². The van der Waals surface area contributed by atoms with Crippen LogP contribution in [0.25, 0.3) is 0 Å².